The van der Waals surface area contributed by atoms with Gasteiger partial charge < -0.3 is 14.8 Å². The number of ether oxygens (including phenoxy) is 2. The summed E-state index contributed by atoms with van der Waals surface area (Å²) in [4.78, 5) is 0. The van der Waals surface area contributed by atoms with Crippen molar-refractivity contribution in [3.05, 3.63) is 58.1 Å². The minimum atomic E-state index is -2.69. The molecule has 2 rings (SSSR count). The van der Waals surface area contributed by atoms with Crippen LogP contribution in [-0.4, -0.2) is 12.0 Å². The normalized spacial score (nSPS) is 10.8. The van der Waals surface area contributed by atoms with Gasteiger partial charge in [0.15, 0.2) is 0 Å². The Morgan fingerprint density at radius 3 is 2.56 bits per heavy atom. The number of halogens is 3. The molecule has 7 heteroatoms. The Morgan fingerprint density at radius 1 is 1.19 bits per heavy atom. The molecular weight excluding hydrogens is 375 g/mol. The van der Waals surface area contributed by atoms with E-state index >= 15 is 0 Å². The summed E-state index contributed by atoms with van der Waals surface area (Å²) in [5.41, 5.74) is 3.58. The number of benzene rings is 2. The monoisotopic (exact) mass is 397 g/mol. The summed E-state index contributed by atoms with van der Waals surface area (Å²) in [7, 11) is 0. The number of alkyl halides is 3. The number of nitrogens with one attached hydrogen (secondary N) is 1. The molecule has 0 fully saturated rings. The van der Waals surface area contributed by atoms with Crippen LogP contribution >= 0.6 is 12.2 Å². The maximum atomic E-state index is 13.5. The number of aryl methyl sites for hydroxylation is 3. The summed E-state index contributed by atoms with van der Waals surface area (Å²) in [6.45, 7) is 4.77. The van der Waals surface area contributed by atoms with Gasteiger partial charge in [-0.1, -0.05) is 25.1 Å². The number of anilines is 1. The first kappa shape index (κ1) is 21.0. The zero-order valence-corrected chi connectivity index (χ0v) is 16.3. The lowest BCUT2D eigenvalue weighted by atomic mass is 10.0. The van der Waals surface area contributed by atoms with Crippen molar-refractivity contribution in [2.24, 2.45) is 0 Å². The number of hydrogen-bond acceptors (Lipinski definition) is 3. The number of thiocarbonyl (C=S) groups is 1. The van der Waals surface area contributed by atoms with Gasteiger partial charge in [0.05, 0.1) is 0 Å². The lowest BCUT2D eigenvalue weighted by Gasteiger charge is -2.18. The van der Waals surface area contributed by atoms with Crippen LogP contribution in [0.5, 0.6) is 5.75 Å². The topological polar surface area (TPSA) is 30.5 Å². The van der Waals surface area contributed by atoms with Crippen molar-refractivity contribution < 1.29 is 22.6 Å². The van der Waals surface area contributed by atoms with E-state index in [1.807, 2.05) is 26.0 Å². The van der Waals surface area contributed by atoms with Crippen LogP contribution in [0.2, 0.25) is 0 Å². The zero-order chi connectivity index (χ0) is 20.0. The van der Waals surface area contributed by atoms with Gasteiger partial charge in [-0.2, -0.15) is 0 Å². The van der Waals surface area contributed by atoms with Gasteiger partial charge in [0, 0.05) is 16.8 Å². The summed E-state index contributed by atoms with van der Waals surface area (Å²) >= 11 is 4.85. The smallest absolute Gasteiger partial charge is 0.264 e. The van der Waals surface area contributed by atoms with E-state index in [1.165, 1.54) is 17.7 Å². The molecule has 0 radical (unpaired) electrons. The summed E-state index contributed by atoms with van der Waals surface area (Å²) in [6, 6.07) is 8.30. The molecule has 0 heterocycles. The minimum Gasteiger partial charge on any atom is -0.489 e. The zero-order valence-electron chi connectivity index (χ0n) is 15.4. The Balaban J connectivity index is 2.31. The van der Waals surface area contributed by atoms with Gasteiger partial charge in [-0.15, -0.1) is 0 Å². The maximum absolute atomic E-state index is 13.5. The average molecular weight is 397 g/mol. The molecule has 1 N–H and O–H groups in total. The van der Waals surface area contributed by atoms with Crippen molar-refractivity contribution in [2.45, 2.75) is 40.2 Å². The second kappa shape index (κ2) is 9.60. The first-order valence-corrected chi connectivity index (χ1v) is 8.90. The van der Waals surface area contributed by atoms with E-state index in [4.69, 9.17) is 17.0 Å². The molecule has 2 aromatic carbocycles. The molecule has 0 aliphatic rings. The van der Waals surface area contributed by atoms with Crippen LogP contribution in [0.3, 0.4) is 0 Å². The van der Waals surface area contributed by atoms with Crippen molar-refractivity contribution in [3.63, 3.8) is 0 Å². The molecule has 0 aliphatic heterocycles. The lowest BCUT2D eigenvalue weighted by molar-refractivity contribution is 0.148. The van der Waals surface area contributed by atoms with Gasteiger partial charge in [-0.3, -0.25) is 0 Å². The molecule has 0 aromatic heterocycles. The minimum absolute atomic E-state index is 0.0904. The highest BCUT2D eigenvalue weighted by Crippen LogP contribution is 2.31. The Labute approximate surface area is 162 Å². The highest BCUT2D eigenvalue weighted by molar-refractivity contribution is 7.80. The highest BCUT2D eigenvalue weighted by Gasteiger charge is 2.18. The number of rotatable bonds is 7. The Hall–Kier alpha value is -2.28. The van der Waals surface area contributed by atoms with E-state index < -0.39 is 13.3 Å². The Morgan fingerprint density at radius 2 is 1.93 bits per heavy atom. The first-order valence-electron chi connectivity index (χ1n) is 8.50. The van der Waals surface area contributed by atoms with Crippen LogP contribution in [0.15, 0.2) is 30.3 Å². The van der Waals surface area contributed by atoms with Crippen LogP contribution in [-0.2, 0) is 17.8 Å². The third-order valence-corrected chi connectivity index (χ3v) is 4.48. The van der Waals surface area contributed by atoms with E-state index in [0.717, 1.165) is 17.5 Å². The second-order valence-electron chi connectivity index (χ2n) is 6.03. The standard InChI is InChI=1S/C20H22F3NO2S/c1-4-14-8-13(3)18(9-12(14)2)25-10-16-15(19(22)23)6-5-7-17(16)24-20(27)26-11-21/h5-9,19H,4,10-11H2,1-3H3,(H,24,27). The van der Waals surface area contributed by atoms with Crippen LogP contribution in [0, 0.1) is 13.8 Å². The molecule has 0 unspecified atom stereocenters. The molecule has 0 atom stereocenters. The third kappa shape index (κ3) is 5.35. The fraction of sp³-hybridized carbons (Fsp3) is 0.350. The van der Waals surface area contributed by atoms with Crippen molar-refractivity contribution in [1.82, 2.24) is 0 Å². The second-order valence-corrected chi connectivity index (χ2v) is 6.40. The predicted molar refractivity (Wildman–Crippen MR) is 104 cm³/mol. The Kier molecular flexibility index (Phi) is 7.47. The van der Waals surface area contributed by atoms with Gasteiger partial charge in [-0.05, 0) is 61.3 Å². The van der Waals surface area contributed by atoms with Gasteiger partial charge in [0.2, 0.25) is 6.86 Å². The van der Waals surface area contributed by atoms with E-state index in [1.54, 1.807) is 6.07 Å². The number of hydrogen-bond donors (Lipinski definition) is 1. The van der Waals surface area contributed by atoms with Crippen LogP contribution < -0.4 is 10.1 Å². The predicted octanol–water partition coefficient (Wildman–Crippen LogP) is 6.02. The molecule has 27 heavy (non-hydrogen) atoms. The molecule has 0 amide bonds. The first-order chi connectivity index (χ1) is 12.9. The third-order valence-electron chi connectivity index (χ3n) is 4.26. The fourth-order valence-electron chi connectivity index (χ4n) is 2.82. The van der Waals surface area contributed by atoms with Gasteiger partial charge in [-0.25, -0.2) is 13.2 Å². The van der Waals surface area contributed by atoms with E-state index in [0.29, 0.717) is 11.4 Å². The van der Waals surface area contributed by atoms with E-state index in [-0.39, 0.29) is 22.9 Å². The van der Waals surface area contributed by atoms with Gasteiger partial charge in [0.25, 0.3) is 11.6 Å². The summed E-state index contributed by atoms with van der Waals surface area (Å²) < 4.78 is 49.6. The van der Waals surface area contributed by atoms with E-state index in [9.17, 15) is 13.2 Å². The molecule has 0 saturated carbocycles. The average Bonchev–Trinajstić information content (AvgIpc) is 2.62. The molecule has 0 aliphatic carbocycles. The van der Waals surface area contributed by atoms with Crippen LogP contribution in [0.4, 0.5) is 18.9 Å². The molecule has 146 valence electrons. The van der Waals surface area contributed by atoms with E-state index in [2.05, 4.69) is 17.0 Å². The van der Waals surface area contributed by atoms with Crippen molar-refractivity contribution in [3.8, 4) is 5.75 Å². The van der Waals surface area contributed by atoms with Crippen LogP contribution in [0.25, 0.3) is 0 Å². The fourth-order valence-corrected chi connectivity index (χ4v) is 2.97. The molecule has 0 spiro atoms. The summed E-state index contributed by atoms with van der Waals surface area (Å²) in [6.07, 6.45) is -1.78. The molecule has 2 aromatic rings. The lowest BCUT2D eigenvalue weighted by Crippen LogP contribution is -2.15. The van der Waals surface area contributed by atoms with Gasteiger partial charge >= 0.3 is 0 Å². The van der Waals surface area contributed by atoms with Crippen molar-refractivity contribution in [2.75, 3.05) is 12.2 Å². The van der Waals surface area contributed by atoms with Gasteiger partial charge in [0.1, 0.15) is 12.4 Å². The summed E-state index contributed by atoms with van der Waals surface area (Å²) in [5, 5.41) is 2.41. The highest BCUT2D eigenvalue weighted by atomic mass is 32.1. The summed E-state index contributed by atoms with van der Waals surface area (Å²) in [5.74, 6) is 0.627. The Bertz CT molecular complexity index is 812. The quantitative estimate of drug-likeness (QED) is 0.579. The molecule has 0 saturated heterocycles. The van der Waals surface area contributed by atoms with Crippen molar-refractivity contribution >= 4 is 23.1 Å². The largest absolute Gasteiger partial charge is 0.489 e. The van der Waals surface area contributed by atoms with Crippen molar-refractivity contribution in [1.29, 1.82) is 0 Å². The van der Waals surface area contributed by atoms with Crippen LogP contribution in [0.1, 0.15) is 41.2 Å². The molecular formula is C20H22F3NO2S. The molecule has 3 nitrogen and oxygen atoms in total. The SMILES string of the molecule is CCc1cc(C)c(OCc2c(NC(=S)OCF)cccc2C(F)F)cc1C. The molecule has 0 bridgehead atoms. The maximum Gasteiger partial charge on any atom is 0.264 e.